The largest absolute Gasteiger partial charge is 0.398 e. The van der Waals surface area contributed by atoms with Gasteiger partial charge in [-0.2, -0.15) is 0 Å². The van der Waals surface area contributed by atoms with Gasteiger partial charge in [-0.05, 0) is 37.0 Å². The lowest BCUT2D eigenvalue weighted by atomic mass is 10.1. The summed E-state index contributed by atoms with van der Waals surface area (Å²) in [5.74, 6) is -0.0776. The zero-order valence-corrected chi connectivity index (χ0v) is 10.0. The van der Waals surface area contributed by atoms with Crippen LogP contribution in [0.4, 0.5) is 11.4 Å². The fraction of sp³-hybridized carbons (Fsp3) is 0.462. The summed E-state index contributed by atoms with van der Waals surface area (Å²) < 4.78 is 5.32. The first-order valence-corrected chi connectivity index (χ1v) is 6.01. The van der Waals surface area contributed by atoms with Crippen molar-refractivity contribution >= 4 is 17.3 Å². The first-order chi connectivity index (χ1) is 8.20. The Kier molecular flexibility index (Phi) is 3.64. The average molecular weight is 234 g/mol. The first-order valence-electron chi connectivity index (χ1n) is 6.01. The van der Waals surface area contributed by atoms with Crippen molar-refractivity contribution in [1.29, 1.82) is 0 Å². The van der Waals surface area contributed by atoms with Crippen LogP contribution in [0.3, 0.4) is 0 Å². The van der Waals surface area contributed by atoms with Crippen LogP contribution in [0.5, 0.6) is 0 Å². The van der Waals surface area contributed by atoms with E-state index in [0.29, 0.717) is 6.61 Å². The molecular weight excluding hydrogens is 216 g/mol. The molecule has 4 heteroatoms. The standard InChI is InChI=1S/C13H18N2O2/c1-2-9-5-6-10(8-11(9)14)15-13(16)12-4-3-7-17-12/h5-6,8,12H,2-4,7,14H2,1H3,(H,15,16). The molecule has 0 bridgehead atoms. The van der Waals surface area contributed by atoms with E-state index in [4.69, 9.17) is 10.5 Å². The van der Waals surface area contributed by atoms with Crippen molar-refractivity contribution in [2.75, 3.05) is 17.7 Å². The second kappa shape index (κ2) is 5.19. The number of benzene rings is 1. The molecule has 2 rings (SSSR count). The van der Waals surface area contributed by atoms with Gasteiger partial charge < -0.3 is 15.8 Å². The van der Waals surface area contributed by atoms with Crippen LogP contribution < -0.4 is 11.1 Å². The van der Waals surface area contributed by atoms with E-state index < -0.39 is 0 Å². The minimum absolute atomic E-state index is 0.0776. The molecule has 1 amide bonds. The number of nitrogen functional groups attached to an aromatic ring is 1. The Hall–Kier alpha value is -1.55. The molecule has 1 atom stereocenters. The van der Waals surface area contributed by atoms with E-state index in [2.05, 4.69) is 12.2 Å². The van der Waals surface area contributed by atoms with E-state index in [1.54, 1.807) is 6.07 Å². The third-order valence-electron chi connectivity index (χ3n) is 3.02. The van der Waals surface area contributed by atoms with Gasteiger partial charge in [0.05, 0.1) is 0 Å². The Morgan fingerprint density at radius 3 is 3.00 bits per heavy atom. The van der Waals surface area contributed by atoms with Crippen LogP contribution in [0.1, 0.15) is 25.3 Å². The summed E-state index contributed by atoms with van der Waals surface area (Å²) in [6.07, 6.45) is 2.34. The van der Waals surface area contributed by atoms with Gasteiger partial charge in [0, 0.05) is 18.0 Å². The molecule has 1 unspecified atom stereocenters. The zero-order chi connectivity index (χ0) is 12.3. The van der Waals surface area contributed by atoms with Crippen LogP contribution in [0.2, 0.25) is 0 Å². The van der Waals surface area contributed by atoms with Gasteiger partial charge in [0.25, 0.3) is 5.91 Å². The second-order valence-electron chi connectivity index (χ2n) is 4.26. The summed E-state index contributed by atoms with van der Waals surface area (Å²) in [6, 6.07) is 5.62. The number of nitrogens with two attached hydrogens (primary N) is 1. The first kappa shape index (κ1) is 11.9. The molecule has 1 aromatic carbocycles. The number of carbonyl (C=O) groups excluding carboxylic acids is 1. The SMILES string of the molecule is CCc1ccc(NC(=O)C2CCCO2)cc1N. The topological polar surface area (TPSA) is 64.3 Å². The van der Waals surface area contributed by atoms with Crippen LogP contribution in [-0.2, 0) is 16.0 Å². The Morgan fingerprint density at radius 1 is 1.59 bits per heavy atom. The van der Waals surface area contributed by atoms with Crippen molar-refractivity contribution in [2.45, 2.75) is 32.3 Å². The van der Waals surface area contributed by atoms with E-state index in [1.807, 2.05) is 12.1 Å². The molecule has 1 fully saturated rings. The normalized spacial score (nSPS) is 19.2. The third-order valence-corrected chi connectivity index (χ3v) is 3.02. The quantitative estimate of drug-likeness (QED) is 0.786. The fourth-order valence-corrected chi connectivity index (χ4v) is 2.00. The van der Waals surface area contributed by atoms with Gasteiger partial charge >= 0.3 is 0 Å². The van der Waals surface area contributed by atoms with E-state index >= 15 is 0 Å². The molecule has 0 aliphatic carbocycles. The summed E-state index contributed by atoms with van der Waals surface area (Å²) >= 11 is 0. The van der Waals surface area contributed by atoms with Gasteiger partial charge in [0.2, 0.25) is 0 Å². The summed E-state index contributed by atoms with van der Waals surface area (Å²) in [6.45, 7) is 2.73. The fourth-order valence-electron chi connectivity index (χ4n) is 2.00. The van der Waals surface area contributed by atoms with Gasteiger partial charge in [-0.1, -0.05) is 13.0 Å². The predicted molar refractivity (Wildman–Crippen MR) is 67.8 cm³/mol. The van der Waals surface area contributed by atoms with Crippen LogP contribution >= 0.6 is 0 Å². The monoisotopic (exact) mass is 234 g/mol. The molecular formula is C13H18N2O2. The van der Waals surface area contributed by atoms with Crippen molar-refractivity contribution in [2.24, 2.45) is 0 Å². The average Bonchev–Trinajstić information content (AvgIpc) is 2.82. The van der Waals surface area contributed by atoms with Crippen LogP contribution in [-0.4, -0.2) is 18.6 Å². The van der Waals surface area contributed by atoms with Crippen molar-refractivity contribution in [1.82, 2.24) is 0 Å². The molecule has 0 spiro atoms. The highest BCUT2D eigenvalue weighted by Crippen LogP contribution is 2.20. The van der Waals surface area contributed by atoms with Gasteiger partial charge in [-0.3, -0.25) is 4.79 Å². The lowest BCUT2D eigenvalue weighted by molar-refractivity contribution is -0.124. The smallest absolute Gasteiger partial charge is 0.253 e. The number of rotatable bonds is 3. The number of aryl methyl sites for hydroxylation is 1. The van der Waals surface area contributed by atoms with Crippen LogP contribution in [0.25, 0.3) is 0 Å². The zero-order valence-electron chi connectivity index (χ0n) is 10.0. The maximum Gasteiger partial charge on any atom is 0.253 e. The van der Waals surface area contributed by atoms with Crippen molar-refractivity contribution in [3.63, 3.8) is 0 Å². The Bertz CT molecular complexity index is 412. The molecule has 0 aromatic heterocycles. The molecule has 92 valence electrons. The predicted octanol–water partition coefficient (Wildman–Crippen LogP) is 1.95. The second-order valence-corrected chi connectivity index (χ2v) is 4.26. The number of anilines is 2. The van der Waals surface area contributed by atoms with Gasteiger partial charge in [-0.15, -0.1) is 0 Å². The lowest BCUT2D eigenvalue weighted by Crippen LogP contribution is -2.26. The van der Waals surface area contributed by atoms with E-state index in [9.17, 15) is 4.79 Å². The number of hydrogen-bond acceptors (Lipinski definition) is 3. The van der Waals surface area contributed by atoms with Gasteiger partial charge in [0.15, 0.2) is 0 Å². The maximum atomic E-state index is 11.8. The van der Waals surface area contributed by atoms with Crippen LogP contribution in [0.15, 0.2) is 18.2 Å². The third kappa shape index (κ3) is 2.77. The molecule has 0 saturated carbocycles. The highest BCUT2D eigenvalue weighted by Gasteiger charge is 2.23. The Balaban J connectivity index is 2.03. The van der Waals surface area contributed by atoms with Crippen molar-refractivity contribution in [3.05, 3.63) is 23.8 Å². The highest BCUT2D eigenvalue weighted by molar-refractivity contribution is 5.94. The number of ether oxygens (including phenoxy) is 1. The molecule has 4 nitrogen and oxygen atoms in total. The maximum absolute atomic E-state index is 11.8. The van der Waals surface area contributed by atoms with E-state index in [0.717, 1.165) is 36.2 Å². The number of hydrogen-bond donors (Lipinski definition) is 2. The van der Waals surface area contributed by atoms with E-state index in [1.165, 1.54) is 0 Å². The summed E-state index contributed by atoms with van der Waals surface area (Å²) in [5, 5.41) is 2.83. The summed E-state index contributed by atoms with van der Waals surface area (Å²) in [7, 11) is 0. The molecule has 1 aromatic rings. The minimum Gasteiger partial charge on any atom is -0.398 e. The number of carbonyl (C=O) groups is 1. The van der Waals surface area contributed by atoms with Gasteiger partial charge in [-0.25, -0.2) is 0 Å². The Labute approximate surface area is 101 Å². The van der Waals surface area contributed by atoms with Gasteiger partial charge in [0.1, 0.15) is 6.10 Å². The molecule has 0 radical (unpaired) electrons. The van der Waals surface area contributed by atoms with E-state index in [-0.39, 0.29) is 12.0 Å². The minimum atomic E-state index is -0.304. The molecule has 1 aliphatic rings. The Morgan fingerprint density at radius 2 is 2.41 bits per heavy atom. The summed E-state index contributed by atoms with van der Waals surface area (Å²) in [4.78, 5) is 11.8. The highest BCUT2D eigenvalue weighted by atomic mass is 16.5. The number of amides is 1. The van der Waals surface area contributed by atoms with Crippen molar-refractivity contribution < 1.29 is 9.53 Å². The molecule has 1 saturated heterocycles. The number of nitrogens with one attached hydrogen (secondary N) is 1. The van der Waals surface area contributed by atoms with Crippen LogP contribution in [0, 0.1) is 0 Å². The molecule has 1 aliphatic heterocycles. The molecule has 3 N–H and O–H groups in total. The summed E-state index contributed by atoms with van der Waals surface area (Å²) in [5.41, 5.74) is 8.43. The lowest BCUT2D eigenvalue weighted by Gasteiger charge is -2.12. The molecule has 17 heavy (non-hydrogen) atoms. The van der Waals surface area contributed by atoms with Crippen molar-refractivity contribution in [3.8, 4) is 0 Å². The molecule has 1 heterocycles.